The topological polar surface area (TPSA) is 59.0 Å². The van der Waals surface area contributed by atoms with Gasteiger partial charge in [0.15, 0.2) is 0 Å². The highest BCUT2D eigenvalue weighted by Crippen LogP contribution is 2.16. The second kappa shape index (κ2) is 5.61. The lowest BCUT2D eigenvalue weighted by molar-refractivity contribution is -0.150. The molecule has 1 atom stereocenters. The zero-order chi connectivity index (χ0) is 12.2. The molecule has 1 aliphatic rings. The van der Waals surface area contributed by atoms with Crippen molar-refractivity contribution in [3.8, 4) is 0 Å². The van der Waals surface area contributed by atoms with Crippen LogP contribution in [-0.2, 0) is 14.3 Å². The molecule has 1 N–H and O–H groups in total. The van der Waals surface area contributed by atoms with Gasteiger partial charge in [0.25, 0.3) is 0 Å². The summed E-state index contributed by atoms with van der Waals surface area (Å²) in [5.41, 5.74) is -0.207. The molecule has 0 saturated carbocycles. The Hall–Kier alpha value is -0.650. The van der Waals surface area contributed by atoms with Crippen LogP contribution in [0.4, 0.5) is 0 Å². The zero-order valence-electron chi connectivity index (χ0n) is 10.2. The fourth-order valence-corrected chi connectivity index (χ4v) is 1.65. The van der Waals surface area contributed by atoms with Crippen LogP contribution in [-0.4, -0.2) is 61.0 Å². The minimum Gasteiger partial charge on any atom is -0.480 e. The van der Waals surface area contributed by atoms with Crippen molar-refractivity contribution < 1.29 is 19.4 Å². The van der Waals surface area contributed by atoms with E-state index in [0.717, 1.165) is 13.0 Å². The highest BCUT2D eigenvalue weighted by molar-refractivity contribution is 5.73. The quantitative estimate of drug-likeness (QED) is 0.750. The van der Waals surface area contributed by atoms with Crippen LogP contribution >= 0.6 is 0 Å². The van der Waals surface area contributed by atoms with Gasteiger partial charge in [-0.05, 0) is 20.3 Å². The predicted octanol–water partition coefficient (Wildman–Crippen LogP) is 0.587. The molecule has 0 aromatic carbocycles. The third kappa shape index (κ3) is 3.73. The summed E-state index contributed by atoms with van der Waals surface area (Å²) in [6.45, 7) is 6.30. The Labute approximate surface area is 96.3 Å². The van der Waals surface area contributed by atoms with Crippen LogP contribution in [0.5, 0.6) is 0 Å². The fourth-order valence-electron chi connectivity index (χ4n) is 1.65. The number of aliphatic carboxylic acids is 1. The first-order valence-corrected chi connectivity index (χ1v) is 5.56. The maximum Gasteiger partial charge on any atom is 0.323 e. The third-order valence-electron chi connectivity index (χ3n) is 3.08. The number of carboxylic acids is 1. The van der Waals surface area contributed by atoms with Gasteiger partial charge in [-0.25, -0.2) is 0 Å². The predicted molar refractivity (Wildman–Crippen MR) is 59.5 cm³/mol. The molecule has 0 aliphatic carbocycles. The molecule has 0 radical (unpaired) electrons. The first kappa shape index (κ1) is 13.4. The molecule has 5 heteroatoms. The average Bonchev–Trinajstić information content (AvgIpc) is 2.27. The van der Waals surface area contributed by atoms with Gasteiger partial charge in [-0.15, -0.1) is 0 Å². The molecule has 0 aromatic heterocycles. The van der Waals surface area contributed by atoms with Gasteiger partial charge in [0.05, 0.1) is 18.8 Å². The molecule has 5 nitrogen and oxygen atoms in total. The van der Waals surface area contributed by atoms with Crippen molar-refractivity contribution in [2.24, 2.45) is 0 Å². The van der Waals surface area contributed by atoms with Gasteiger partial charge in [0, 0.05) is 20.2 Å². The van der Waals surface area contributed by atoms with Gasteiger partial charge < -0.3 is 14.6 Å². The van der Waals surface area contributed by atoms with Crippen molar-refractivity contribution >= 4 is 5.97 Å². The van der Waals surface area contributed by atoms with Crippen LogP contribution in [0.1, 0.15) is 20.3 Å². The van der Waals surface area contributed by atoms with Gasteiger partial charge >= 0.3 is 5.97 Å². The molecule has 1 unspecified atom stereocenters. The van der Waals surface area contributed by atoms with Gasteiger partial charge in [0.2, 0.25) is 0 Å². The van der Waals surface area contributed by atoms with Gasteiger partial charge in [0.1, 0.15) is 6.04 Å². The summed E-state index contributed by atoms with van der Waals surface area (Å²) in [6, 6.07) is -0.513. The lowest BCUT2D eigenvalue weighted by Gasteiger charge is -2.35. The van der Waals surface area contributed by atoms with Crippen molar-refractivity contribution in [2.75, 3.05) is 33.4 Å². The number of rotatable bonds is 5. The number of methoxy groups -OCH3 is 1. The van der Waals surface area contributed by atoms with E-state index in [1.54, 1.807) is 7.11 Å². The Bertz CT molecular complexity index is 242. The van der Waals surface area contributed by atoms with E-state index >= 15 is 0 Å². The normalized spacial score (nSPS) is 23.3. The molecule has 0 amide bonds. The Morgan fingerprint density at radius 2 is 2.31 bits per heavy atom. The Kier molecular flexibility index (Phi) is 4.70. The van der Waals surface area contributed by atoms with Crippen LogP contribution in [0.3, 0.4) is 0 Å². The second-order valence-electron chi connectivity index (χ2n) is 4.68. The number of hydrogen-bond donors (Lipinski definition) is 1. The molecule has 0 aromatic rings. The number of ether oxygens (including phenoxy) is 2. The Morgan fingerprint density at radius 3 is 2.88 bits per heavy atom. The van der Waals surface area contributed by atoms with Crippen LogP contribution in [0.15, 0.2) is 0 Å². The van der Waals surface area contributed by atoms with Gasteiger partial charge in [-0.2, -0.15) is 0 Å². The Balaban J connectivity index is 2.47. The maximum absolute atomic E-state index is 11.0. The summed E-state index contributed by atoms with van der Waals surface area (Å²) in [4.78, 5) is 13.0. The van der Waals surface area contributed by atoms with E-state index in [2.05, 4.69) is 0 Å². The van der Waals surface area contributed by atoms with Gasteiger partial charge in [-0.1, -0.05) is 0 Å². The highest BCUT2D eigenvalue weighted by atomic mass is 16.5. The van der Waals surface area contributed by atoms with Crippen LogP contribution in [0, 0.1) is 0 Å². The summed E-state index contributed by atoms with van der Waals surface area (Å²) in [6.07, 6.45) is 0.813. The van der Waals surface area contributed by atoms with E-state index in [-0.39, 0.29) is 12.2 Å². The molecule has 1 heterocycles. The third-order valence-corrected chi connectivity index (χ3v) is 3.08. The number of carboxylic acid groups (broad SMARTS) is 1. The van der Waals surface area contributed by atoms with E-state index in [1.165, 1.54) is 0 Å². The van der Waals surface area contributed by atoms with Crippen molar-refractivity contribution in [1.82, 2.24) is 4.90 Å². The zero-order valence-corrected chi connectivity index (χ0v) is 10.2. The van der Waals surface area contributed by atoms with Gasteiger partial charge in [-0.3, -0.25) is 9.69 Å². The number of nitrogens with zero attached hydrogens (tertiary/aromatic N) is 1. The SMILES string of the molecule is COC(C)(C)CCN1CCOCC1C(=O)O. The highest BCUT2D eigenvalue weighted by Gasteiger charge is 2.30. The van der Waals surface area contributed by atoms with Crippen LogP contribution in [0.2, 0.25) is 0 Å². The molecule has 1 rings (SSSR count). The van der Waals surface area contributed by atoms with Crippen molar-refractivity contribution in [1.29, 1.82) is 0 Å². The molecular formula is C11H21NO4. The molecule has 0 bridgehead atoms. The van der Waals surface area contributed by atoms with Crippen LogP contribution in [0.25, 0.3) is 0 Å². The second-order valence-corrected chi connectivity index (χ2v) is 4.68. The maximum atomic E-state index is 11.0. The summed E-state index contributed by atoms with van der Waals surface area (Å²) < 4.78 is 10.5. The molecule has 1 fully saturated rings. The molecular weight excluding hydrogens is 210 g/mol. The fraction of sp³-hybridized carbons (Fsp3) is 0.909. The summed E-state index contributed by atoms with van der Waals surface area (Å²) >= 11 is 0. The van der Waals surface area contributed by atoms with Crippen molar-refractivity contribution in [3.05, 3.63) is 0 Å². The monoisotopic (exact) mass is 231 g/mol. The molecule has 94 valence electrons. The van der Waals surface area contributed by atoms with Crippen molar-refractivity contribution in [3.63, 3.8) is 0 Å². The minimum atomic E-state index is -0.810. The van der Waals surface area contributed by atoms with E-state index in [0.29, 0.717) is 13.2 Å². The number of carbonyl (C=O) groups is 1. The lowest BCUT2D eigenvalue weighted by Crippen LogP contribution is -2.51. The molecule has 0 spiro atoms. The van der Waals surface area contributed by atoms with E-state index in [4.69, 9.17) is 14.6 Å². The van der Waals surface area contributed by atoms with E-state index in [9.17, 15) is 4.79 Å². The first-order chi connectivity index (χ1) is 7.46. The Morgan fingerprint density at radius 1 is 1.62 bits per heavy atom. The van der Waals surface area contributed by atoms with Crippen molar-refractivity contribution in [2.45, 2.75) is 31.9 Å². The lowest BCUT2D eigenvalue weighted by atomic mass is 10.0. The first-order valence-electron chi connectivity index (χ1n) is 5.56. The number of hydrogen-bond acceptors (Lipinski definition) is 4. The minimum absolute atomic E-state index is 0.207. The number of morpholine rings is 1. The average molecular weight is 231 g/mol. The largest absolute Gasteiger partial charge is 0.480 e. The van der Waals surface area contributed by atoms with E-state index < -0.39 is 12.0 Å². The van der Waals surface area contributed by atoms with Crippen LogP contribution < -0.4 is 0 Å². The summed E-state index contributed by atoms with van der Waals surface area (Å²) in [5, 5.41) is 9.04. The summed E-state index contributed by atoms with van der Waals surface area (Å²) in [7, 11) is 1.67. The smallest absolute Gasteiger partial charge is 0.323 e. The molecule has 1 aliphatic heterocycles. The molecule has 16 heavy (non-hydrogen) atoms. The summed E-state index contributed by atoms with van der Waals surface area (Å²) in [5.74, 6) is -0.810. The van der Waals surface area contributed by atoms with E-state index in [1.807, 2.05) is 18.7 Å². The molecule has 1 saturated heterocycles. The standard InChI is InChI=1S/C11H21NO4/c1-11(2,15-3)4-5-12-6-7-16-8-9(12)10(13)14/h9H,4-8H2,1-3H3,(H,13,14).